The van der Waals surface area contributed by atoms with Gasteiger partial charge >= 0.3 is 0 Å². The van der Waals surface area contributed by atoms with Crippen LogP contribution in [0.3, 0.4) is 0 Å². The monoisotopic (exact) mass is 231 g/mol. The van der Waals surface area contributed by atoms with Crippen LogP contribution in [0.4, 0.5) is 0 Å². The Morgan fingerprint density at radius 3 is 2.94 bits per heavy atom. The predicted octanol–water partition coefficient (Wildman–Crippen LogP) is 1.10. The maximum absolute atomic E-state index is 4.30. The van der Waals surface area contributed by atoms with E-state index in [1.54, 1.807) is 12.5 Å². The predicted molar refractivity (Wildman–Crippen MR) is 65.4 cm³/mol. The smallest absolute Gasteiger partial charge is 0.115 e. The molecule has 0 bridgehead atoms. The molecule has 5 nitrogen and oxygen atoms in total. The van der Waals surface area contributed by atoms with Crippen molar-refractivity contribution in [2.75, 3.05) is 6.54 Å². The molecule has 2 heterocycles. The zero-order valence-corrected chi connectivity index (χ0v) is 10.2. The highest BCUT2D eigenvalue weighted by molar-refractivity contribution is 5.13. The molecule has 0 saturated carbocycles. The van der Waals surface area contributed by atoms with Crippen molar-refractivity contribution in [2.45, 2.75) is 19.4 Å². The topological polar surface area (TPSA) is 55.6 Å². The summed E-state index contributed by atoms with van der Waals surface area (Å²) in [5.74, 6) is 0. The van der Waals surface area contributed by atoms with Crippen molar-refractivity contribution in [3.8, 4) is 0 Å². The average Bonchev–Trinajstić information content (AvgIpc) is 2.75. The zero-order chi connectivity index (χ0) is 12.1. The Balaban J connectivity index is 2.13. The highest BCUT2D eigenvalue weighted by atomic mass is 15.2. The molecule has 0 spiro atoms. The number of hydrogen-bond acceptors (Lipinski definition) is 4. The molecule has 0 amide bonds. The number of rotatable bonds is 5. The van der Waals surface area contributed by atoms with Crippen molar-refractivity contribution in [1.29, 1.82) is 0 Å². The largest absolute Gasteiger partial charge is 0.309 e. The van der Waals surface area contributed by atoms with Gasteiger partial charge in [0.15, 0.2) is 0 Å². The molecule has 0 saturated heterocycles. The first-order valence-corrected chi connectivity index (χ1v) is 5.76. The molecule has 2 aromatic heterocycles. The molecule has 0 aliphatic rings. The van der Waals surface area contributed by atoms with Crippen LogP contribution in [0.25, 0.3) is 0 Å². The normalized spacial score (nSPS) is 12.6. The summed E-state index contributed by atoms with van der Waals surface area (Å²) < 4.78 is 1.82. The standard InChI is InChI=1S/C12H17N5/c1-3-14-12(11-4-5-13-9-15-11)6-10-7-16-17(2)8-10/h4-5,7-9,12,14H,3,6H2,1-2H3. The van der Waals surface area contributed by atoms with Crippen LogP contribution < -0.4 is 5.32 Å². The second-order valence-corrected chi connectivity index (χ2v) is 3.97. The molecule has 0 aromatic carbocycles. The molecule has 1 unspecified atom stereocenters. The van der Waals surface area contributed by atoms with Crippen LogP contribution in [-0.2, 0) is 13.5 Å². The lowest BCUT2D eigenvalue weighted by Crippen LogP contribution is -2.23. The van der Waals surface area contributed by atoms with Crippen molar-refractivity contribution < 1.29 is 0 Å². The van der Waals surface area contributed by atoms with Crippen molar-refractivity contribution >= 4 is 0 Å². The molecule has 1 atom stereocenters. The van der Waals surface area contributed by atoms with Gasteiger partial charge in [-0.25, -0.2) is 9.97 Å². The van der Waals surface area contributed by atoms with Gasteiger partial charge < -0.3 is 5.32 Å². The summed E-state index contributed by atoms with van der Waals surface area (Å²) in [5, 5.41) is 7.61. The van der Waals surface area contributed by atoms with Gasteiger partial charge in [-0.3, -0.25) is 4.68 Å². The number of nitrogens with one attached hydrogen (secondary N) is 1. The first-order valence-electron chi connectivity index (χ1n) is 5.76. The van der Waals surface area contributed by atoms with Gasteiger partial charge in [-0.2, -0.15) is 5.10 Å². The minimum Gasteiger partial charge on any atom is -0.309 e. The van der Waals surface area contributed by atoms with Gasteiger partial charge in [0.1, 0.15) is 6.33 Å². The third-order valence-corrected chi connectivity index (χ3v) is 2.61. The van der Waals surface area contributed by atoms with E-state index in [-0.39, 0.29) is 6.04 Å². The molecule has 2 aromatic rings. The summed E-state index contributed by atoms with van der Waals surface area (Å²) in [6, 6.07) is 2.16. The molecule has 0 aliphatic carbocycles. The SMILES string of the molecule is CCNC(Cc1cnn(C)c1)c1ccncn1. The highest BCUT2D eigenvalue weighted by Gasteiger charge is 2.13. The van der Waals surface area contributed by atoms with Gasteiger partial charge in [0.05, 0.1) is 17.9 Å². The van der Waals surface area contributed by atoms with Gasteiger partial charge in [0, 0.05) is 19.4 Å². The van der Waals surface area contributed by atoms with Crippen LogP contribution in [0.15, 0.2) is 31.0 Å². The van der Waals surface area contributed by atoms with Crippen LogP contribution in [0.1, 0.15) is 24.2 Å². The van der Waals surface area contributed by atoms with Crippen LogP contribution in [0.5, 0.6) is 0 Å². The van der Waals surface area contributed by atoms with E-state index in [1.807, 2.05) is 30.2 Å². The van der Waals surface area contributed by atoms with Crippen LogP contribution in [0, 0.1) is 0 Å². The maximum Gasteiger partial charge on any atom is 0.115 e. The van der Waals surface area contributed by atoms with E-state index in [4.69, 9.17) is 0 Å². The summed E-state index contributed by atoms with van der Waals surface area (Å²) in [6.45, 7) is 3.01. The minimum atomic E-state index is 0.215. The molecule has 2 rings (SSSR count). The van der Waals surface area contributed by atoms with E-state index >= 15 is 0 Å². The van der Waals surface area contributed by atoms with Gasteiger partial charge in [0.2, 0.25) is 0 Å². The molecule has 0 fully saturated rings. The Hall–Kier alpha value is -1.75. The van der Waals surface area contributed by atoms with Crippen LogP contribution >= 0.6 is 0 Å². The fourth-order valence-electron chi connectivity index (χ4n) is 1.85. The third kappa shape index (κ3) is 3.10. The minimum absolute atomic E-state index is 0.215. The van der Waals surface area contributed by atoms with E-state index in [1.165, 1.54) is 5.56 Å². The first-order chi connectivity index (χ1) is 8.29. The van der Waals surface area contributed by atoms with Crippen molar-refractivity contribution in [3.05, 3.63) is 42.2 Å². The lowest BCUT2D eigenvalue weighted by Gasteiger charge is -2.15. The molecular formula is C12H17N5. The molecule has 5 heteroatoms. The lowest BCUT2D eigenvalue weighted by atomic mass is 10.1. The zero-order valence-electron chi connectivity index (χ0n) is 10.2. The van der Waals surface area contributed by atoms with Crippen molar-refractivity contribution in [3.63, 3.8) is 0 Å². The maximum atomic E-state index is 4.30. The van der Waals surface area contributed by atoms with E-state index in [0.29, 0.717) is 0 Å². The Kier molecular flexibility index (Phi) is 3.82. The van der Waals surface area contributed by atoms with E-state index < -0.39 is 0 Å². The number of aromatic nitrogens is 4. The molecule has 90 valence electrons. The van der Waals surface area contributed by atoms with Crippen molar-refractivity contribution in [1.82, 2.24) is 25.1 Å². The second-order valence-electron chi connectivity index (χ2n) is 3.97. The second kappa shape index (κ2) is 5.54. The Bertz CT molecular complexity index is 451. The number of nitrogens with zero attached hydrogens (tertiary/aromatic N) is 4. The molecule has 0 aliphatic heterocycles. The van der Waals surface area contributed by atoms with Gasteiger partial charge in [-0.15, -0.1) is 0 Å². The number of aryl methyl sites for hydroxylation is 1. The summed E-state index contributed by atoms with van der Waals surface area (Å²) in [6.07, 6.45) is 8.18. The van der Waals surface area contributed by atoms with Crippen LogP contribution in [0.2, 0.25) is 0 Å². The van der Waals surface area contributed by atoms with E-state index in [9.17, 15) is 0 Å². The molecule has 1 N–H and O–H groups in total. The van der Waals surface area contributed by atoms with Gasteiger partial charge in [-0.05, 0) is 24.6 Å². The first kappa shape index (κ1) is 11.7. The Morgan fingerprint density at radius 2 is 2.35 bits per heavy atom. The fourth-order valence-corrected chi connectivity index (χ4v) is 1.85. The van der Waals surface area contributed by atoms with Crippen molar-refractivity contribution in [2.24, 2.45) is 7.05 Å². The Labute approximate surface area is 101 Å². The number of hydrogen-bond donors (Lipinski definition) is 1. The summed E-state index contributed by atoms with van der Waals surface area (Å²) in [5.41, 5.74) is 2.22. The summed E-state index contributed by atoms with van der Waals surface area (Å²) in [7, 11) is 1.93. The van der Waals surface area contributed by atoms with Gasteiger partial charge in [-0.1, -0.05) is 6.92 Å². The third-order valence-electron chi connectivity index (χ3n) is 2.61. The van der Waals surface area contributed by atoms with E-state index in [0.717, 1.165) is 18.7 Å². The highest BCUT2D eigenvalue weighted by Crippen LogP contribution is 2.15. The average molecular weight is 231 g/mol. The Morgan fingerprint density at radius 1 is 1.47 bits per heavy atom. The quantitative estimate of drug-likeness (QED) is 0.837. The van der Waals surface area contributed by atoms with Gasteiger partial charge in [0.25, 0.3) is 0 Å². The summed E-state index contributed by atoms with van der Waals surface area (Å²) in [4.78, 5) is 8.24. The lowest BCUT2D eigenvalue weighted by molar-refractivity contribution is 0.535. The summed E-state index contributed by atoms with van der Waals surface area (Å²) >= 11 is 0. The molecular weight excluding hydrogens is 214 g/mol. The van der Waals surface area contributed by atoms with E-state index in [2.05, 4.69) is 27.3 Å². The molecule has 17 heavy (non-hydrogen) atoms. The van der Waals surface area contributed by atoms with Crippen LogP contribution in [-0.4, -0.2) is 26.3 Å². The molecule has 0 radical (unpaired) electrons. The number of likely N-dealkylation sites (N-methyl/N-ethyl adjacent to an activating group) is 1. The fraction of sp³-hybridized carbons (Fsp3) is 0.417.